The van der Waals surface area contributed by atoms with E-state index in [4.69, 9.17) is 0 Å². The van der Waals surface area contributed by atoms with Crippen LogP contribution in [0, 0.1) is 0 Å². The van der Waals surface area contributed by atoms with Gasteiger partial charge in [-0.15, -0.1) is 0 Å². The Balaban J connectivity index is 2.54. The lowest BCUT2D eigenvalue weighted by atomic mass is 10.6. The summed E-state index contributed by atoms with van der Waals surface area (Å²) < 4.78 is 12.1. The first-order chi connectivity index (χ1) is 3.79. The van der Waals surface area contributed by atoms with Gasteiger partial charge in [-0.3, -0.25) is 5.43 Å². The Kier molecular flexibility index (Phi) is 1.15. The molecule has 0 bridgehead atoms. The third-order valence-corrected chi connectivity index (χ3v) is 0.717. The van der Waals surface area contributed by atoms with Crippen LogP contribution >= 0.6 is 0 Å². The summed E-state index contributed by atoms with van der Waals surface area (Å²) in [6, 6.07) is 0. The van der Waals surface area contributed by atoms with Gasteiger partial charge < -0.3 is 5.32 Å². The molecule has 0 spiro atoms. The van der Waals surface area contributed by atoms with Gasteiger partial charge in [0.05, 0.1) is 6.21 Å². The molecule has 1 rings (SSSR count). The summed E-state index contributed by atoms with van der Waals surface area (Å²) in [5.74, 6) is 0.389. The molecule has 4 heteroatoms. The van der Waals surface area contributed by atoms with Crippen molar-refractivity contribution in [3.63, 3.8) is 0 Å². The summed E-state index contributed by atoms with van der Waals surface area (Å²) in [6.07, 6.45) is -0.0713. The van der Waals surface area contributed by atoms with Crippen molar-refractivity contribution in [2.45, 2.75) is 6.30 Å². The van der Waals surface area contributed by atoms with Gasteiger partial charge in [-0.1, -0.05) is 6.58 Å². The molecule has 0 amide bonds. The second-order valence-electron chi connectivity index (χ2n) is 1.41. The van der Waals surface area contributed by atoms with Crippen molar-refractivity contribution in [3.8, 4) is 0 Å². The largest absolute Gasteiger partial charge is 0.337 e. The van der Waals surface area contributed by atoms with E-state index in [0.717, 1.165) is 6.21 Å². The minimum absolute atomic E-state index is 0.389. The first kappa shape index (κ1) is 5.08. The zero-order chi connectivity index (χ0) is 5.98. The van der Waals surface area contributed by atoms with Crippen molar-refractivity contribution < 1.29 is 4.39 Å². The van der Waals surface area contributed by atoms with Crippen LogP contribution in [0.3, 0.4) is 0 Å². The van der Waals surface area contributed by atoms with Crippen molar-refractivity contribution >= 4 is 6.21 Å². The predicted octanol–water partition coefficient (Wildman–Crippen LogP) is -0.0682. The molecular formula is C4H6FN3. The van der Waals surface area contributed by atoms with E-state index >= 15 is 0 Å². The monoisotopic (exact) mass is 115 g/mol. The molecular weight excluding hydrogens is 109 g/mol. The van der Waals surface area contributed by atoms with Gasteiger partial charge in [-0.05, 0) is 0 Å². The number of halogens is 1. The van der Waals surface area contributed by atoms with Crippen LogP contribution < -0.4 is 10.7 Å². The number of rotatable bonds is 0. The minimum atomic E-state index is -1.19. The topological polar surface area (TPSA) is 36.4 Å². The summed E-state index contributed by atoms with van der Waals surface area (Å²) in [7, 11) is 0. The van der Waals surface area contributed by atoms with Crippen LogP contribution in [-0.2, 0) is 0 Å². The molecule has 1 heterocycles. The fraction of sp³-hybridized carbons (Fsp3) is 0.250. The van der Waals surface area contributed by atoms with Crippen LogP contribution in [0.4, 0.5) is 4.39 Å². The van der Waals surface area contributed by atoms with E-state index in [9.17, 15) is 4.39 Å². The van der Waals surface area contributed by atoms with Crippen LogP contribution in [0.5, 0.6) is 0 Å². The molecule has 0 aliphatic carbocycles. The SMILES string of the molecule is C=C1NN=C[C@@H](F)N1. The highest BCUT2D eigenvalue weighted by atomic mass is 19.1. The molecule has 44 valence electrons. The van der Waals surface area contributed by atoms with Crippen LogP contribution in [0.1, 0.15) is 0 Å². The van der Waals surface area contributed by atoms with Gasteiger partial charge in [0.2, 0.25) is 6.30 Å². The van der Waals surface area contributed by atoms with E-state index in [1.165, 1.54) is 0 Å². The minimum Gasteiger partial charge on any atom is -0.337 e. The Morgan fingerprint density at radius 1 is 1.88 bits per heavy atom. The van der Waals surface area contributed by atoms with Gasteiger partial charge in [0.15, 0.2) is 0 Å². The molecule has 0 aromatic rings. The molecule has 0 saturated carbocycles. The summed E-state index contributed by atoms with van der Waals surface area (Å²) in [5, 5.41) is 5.78. The smallest absolute Gasteiger partial charge is 0.208 e. The van der Waals surface area contributed by atoms with Gasteiger partial charge >= 0.3 is 0 Å². The Hall–Kier alpha value is -1.06. The summed E-state index contributed by atoms with van der Waals surface area (Å²) in [4.78, 5) is 0. The maximum absolute atomic E-state index is 12.1. The molecule has 1 aliphatic heterocycles. The van der Waals surface area contributed by atoms with Crippen molar-refractivity contribution in [1.82, 2.24) is 10.7 Å². The number of nitrogens with one attached hydrogen (secondary N) is 2. The molecule has 8 heavy (non-hydrogen) atoms. The Labute approximate surface area is 46.3 Å². The maximum Gasteiger partial charge on any atom is 0.208 e. The first-order valence-electron chi connectivity index (χ1n) is 2.18. The first-order valence-corrected chi connectivity index (χ1v) is 2.18. The van der Waals surface area contributed by atoms with Gasteiger partial charge in [-0.2, -0.15) is 5.10 Å². The Morgan fingerprint density at radius 2 is 2.62 bits per heavy atom. The Morgan fingerprint density at radius 3 is 3.00 bits per heavy atom. The molecule has 2 N–H and O–H groups in total. The van der Waals surface area contributed by atoms with E-state index in [-0.39, 0.29) is 0 Å². The predicted molar refractivity (Wildman–Crippen MR) is 28.8 cm³/mol. The molecule has 0 fully saturated rings. The lowest BCUT2D eigenvalue weighted by Crippen LogP contribution is -2.35. The molecule has 1 atom stereocenters. The summed E-state index contributed by atoms with van der Waals surface area (Å²) >= 11 is 0. The quantitative estimate of drug-likeness (QED) is 0.433. The maximum atomic E-state index is 12.1. The van der Waals surface area contributed by atoms with Gasteiger partial charge in [-0.25, -0.2) is 4.39 Å². The lowest BCUT2D eigenvalue weighted by molar-refractivity contribution is 0.368. The highest BCUT2D eigenvalue weighted by Gasteiger charge is 2.05. The fourth-order valence-electron chi connectivity index (χ4n) is 0.417. The van der Waals surface area contributed by atoms with Gasteiger partial charge in [0.1, 0.15) is 5.82 Å². The molecule has 0 saturated heterocycles. The number of hydrogen-bond acceptors (Lipinski definition) is 3. The lowest BCUT2D eigenvalue weighted by Gasteiger charge is -2.13. The van der Waals surface area contributed by atoms with Crippen molar-refractivity contribution in [2.24, 2.45) is 5.10 Å². The van der Waals surface area contributed by atoms with Crippen LogP contribution in [0.15, 0.2) is 17.5 Å². The number of alkyl halides is 1. The summed E-state index contributed by atoms with van der Waals surface area (Å²) in [6.45, 7) is 3.39. The molecule has 0 aromatic heterocycles. The van der Waals surface area contributed by atoms with Gasteiger partial charge in [0, 0.05) is 0 Å². The standard InChI is InChI=1S/C4H6FN3/c1-3-7-4(5)2-6-8-3/h2,4,7-8H,1H2/t4-/m0/s1. The Bertz CT molecular complexity index is 131. The summed E-state index contributed by atoms with van der Waals surface area (Å²) in [5.41, 5.74) is 2.44. The third-order valence-electron chi connectivity index (χ3n) is 0.717. The normalized spacial score (nSPS) is 26.6. The van der Waals surface area contributed by atoms with Crippen molar-refractivity contribution in [1.29, 1.82) is 0 Å². The number of hydrazone groups is 1. The zero-order valence-corrected chi connectivity index (χ0v) is 4.19. The molecule has 0 radical (unpaired) electrons. The van der Waals surface area contributed by atoms with Crippen LogP contribution in [-0.4, -0.2) is 12.5 Å². The number of nitrogens with zero attached hydrogens (tertiary/aromatic N) is 1. The number of hydrogen-bond donors (Lipinski definition) is 2. The average Bonchev–Trinajstić information content (AvgIpc) is 1.64. The fourth-order valence-corrected chi connectivity index (χ4v) is 0.417. The van der Waals surface area contributed by atoms with E-state index in [1.54, 1.807) is 0 Å². The molecule has 1 aliphatic rings. The van der Waals surface area contributed by atoms with E-state index < -0.39 is 6.30 Å². The second kappa shape index (κ2) is 1.81. The van der Waals surface area contributed by atoms with Gasteiger partial charge in [0.25, 0.3) is 0 Å². The molecule has 0 unspecified atom stereocenters. The van der Waals surface area contributed by atoms with Crippen molar-refractivity contribution in [2.75, 3.05) is 0 Å². The third kappa shape index (κ3) is 0.959. The van der Waals surface area contributed by atoms with Crippen LogP contribution in [0.2, 0.25) is 0 Å². The van der Waals surface area contributed by atoms with Crippen LogP contribution in [0.25, 0.3) is 0 Å². The molecule has 0 aromatic carbocycles. The highest BCUT2D eigenvalue weighted by Crippen LogP contribution is 1.89. The van der Waals surface area contributed by atoms with Crippen molar-refractivity contribution in [3.05, 3.63) is 12.4 Å². The van der Waals surface area contributed by atoms with E-state index in [0.29, 0.717) is 5.82 Å². The zero-order valence-electron chi connectivity index (χ0n) is 4.19. The van der Waals surface area contributed by atoms with E-state index in [2.05, 4.69) is 22.4 Å². The molecule has 3 nitrogen and oxygen atoms in total. The second-order valence-corrected chi connectivity index (χ2v) is 1.41. The van der Waals surface area contributed by atoms with E-state index in [1.807, 2.05) is 0 Å². The highest BCUT2D eigenvalue weighted by molar-refractivity contribution is 5.63. The average molecular weight is 115 g/mol.